The summed E-state index contributed by atoms with van der Waals surface area (Å²) in [6.07, 6.45) is 6.73. The Hall–Kier alpha value is -5.54. The quantitative estimate of drug-likeness (QED) is 0.222. The van der Waals surface area contributed by atoms with Gasteiger partial charge in [-0.15, -0.1) is 0 Å². The number of pyridine rings is 2. The summed E-state index contributed by atoms with van der Waals surface area (Å²) in [5, 5.41) is 3.66. The van der Waals surface area contributed by atoms with E-state index in [0.717, 1.165) is 39.8 Å². The topological polar surface area (TPSA) is 51.8 Å². The number of hydrogen-bond acceptors (Lipinski definition) is 3. The Labute approximate surface area is 244 Å². The van der Waals surface area contributed by atoms with Crippen molar-refractivity contribution < 1.29 is 0 Å². The molecule has 8 rings (SSSR count). The summed E-state index contributed by atoms with van der Waals surface area (Å²) >= 11 is 0. The van der Waals surface area contributed by atoms with Crippen molar-refractivity contribution in [3.05, 3.63) is 145 Å². The van der Waals surface area contributed by atoms with Gasteiger partial charge in [0.1, 0.15) is 0 Å². The van der Waals surface area contributed by atoms with E-state index in [9.17, 15) is 0 Å². The van der Waals surface area contributed by atoms with Crippen LogP contribution in [0.4, 0.5) is 5.69 Å². The van der Waals surface area contributed by atoms with Crippen LogP contribution in [-0.4, -0.2) is 9.97 Å². The summed E-state index contributed by atoms with van der Waals surface area (Å²) < 4.78 is 0. The number of allylic oxidation sites excluding steroid dienone is 1. The van der Waals surface area contributed by atoms with Crippen LogP contribution in [-0.2, 0) is 6.42 Å². The van der Waals surface area contributed by atoms with Gasteiger partial charge in [-0.05, 0) is 67.9 Å². The van der Waals surface area contributed by atoms with Gasteiger partial charge in [-0.1, -0.05) is 115 Å². The van der Waals surface area contributed by atoms with Gasteiger partial charge >= 0.3 is 0 Å². The average Bonchev–Trinajstić information content (AvgIpc) is 3.38. The Bertz CT molecular complexity index is 2130. The minimum Gasteiger partial charge on any atom is -0.396 e. The lowest BCUT2D eigenvalue weighted by molar-refractivity contribution is 1.11. The molecule has 2 N–H and O–H groups in total. The molecule has 2 aromatic heterocycles. The lowest BCUT2D eigenvalue weighted by Gasteiger charge is -2.11. The van der Waals surface area contributed by atoms with Crippen molar-refractivity contribution in [2.45, 2.75) is 6.42 Å². The van der Waals surface area contributed by atoms with Gasteiger partial charge in [-0.2, -0.15) is 0 Å². The van der Waals surface area contributed by atoms with Gasteiger partial charge in [0.05, 0.1) is 16.9 Å². The smallest absolute Gasteiger partial charge is 0.0944 e. The molecule has 3 nitrogen and oxygen atoms in total. The molecule has 0 aliphatic heterocycles. The van der Waals surface area contributed by atoms with Crippen molar-refractivity contribution in [1.82, 2.24) is 9.97 Å². The van der Waals surface area contributed by atoms with Crippen molar-refractivity contribution in [2.75, 3.05) is 5.73 Å². The van der Waals surface area contributed by atoms with Crippen LogP contribution < -0.4 is 5.73 Å². The van der Waals surface area contributed by atoms with Gasteiger partial charge in [0, 0.05) is 29.3 Å². The van der Waals surface area contributed by atoms with Gasteiger partial charge in [0.2, 0.25) is 0 Å². The average molecular weight is 538 g/mol. The van der Waals surface area contributed by atoms with E-state index < -0.39 is 0 Å². The number of nitrogens with two attached hydrogens (primary N) is 1. The number of rotatable bonds is 5. The molecule has 0 unspecified atom stereocenters. The first-order valence-electron chi connectivity index (χ1n) is 14.3. The number of anilines is 1. The Morgan fingerprint density at radius 1 is 0.595 bits per heavy atom. The zero-order valence-corrected chi connectivity index (χ0v) is 23.0. The second-order valence-electron chi connectivity index (χ2n) is 10.8. The van der Waals surface area contributed by atoms with Crippen molar-refractivity contribution in [3.63, 3.8) is 0 Å². The molecule has 5 aromatic carbocycles. The molecule has 0 radical (unpaired) electrons. The molecule has 7 aromatic rings. The molecule has 42 heavy (non-hydrogen) atoms. The Morgan fingerprint density at radius 2 is 1.31 bits per heavy atom. The standard InChI is InChI=1S/C39H27N3/c40-38-27(7-5-9-29-8-3-4-24-41-29)18-19-28-20-23-36(42-39(28)38)26-16-14-25(15-17-26)30-21-22-35-32-11-2-1-10-31(32)34-13-6-12-33(30)37(34)35/h1-8,10-24H,9,40H2/b7-5-. The third kappa shape index (κ3) is 3.98. The fourth-order valence-electron chi connectivity index (χ4n) is 6.24. The van der Waals surface area contributed by atoms with Crippen LogP contribution >= 0.6 is 0 Å². The highest BCUT2D eigenvalue weighted by atomic mass is 14.7. The Balaban J connectivity index is 1.12. The molecule has 0 amide bonds. The summed E-state index contributed by atoms with van der Waals surface area (Å²) in [7, 11) is 0. The van der Waals surface area contributed by atoms with E-state index >= 15 is 0 Å². The molecule has 1 aliphatic carbocycles. The summed E-state index contributed by atoms with van der Waals surface area (Å²) in [6, 6.07) is 42.9. The molecular formula is C39H27N3. The zero-order valence-electron chi connectivity index (χ0n) is 23.0. The van der Waals surface area contributed by atoms with Crippen LogP contribution in [0, 0.1) is 0 Å². The van der Waals surface area contributed by atoms with Crippen LogP contribution in [0.2, 0.25) is 0 Å². The van der Waals surface area contributed by atoms with Crippen LogP contribution in [0.25, 0.3) is 72.4 Å². The zero-order chi connectivity index (χ0) is 28.0. The molecule has 0 saturated heterocycles. The number of benzene rings is 5. The normalized spacial score (nSPS) is 11.9. The highest BCUT2D eigenvalue weighted by Gasteiger charge is 2.22. The maximum atomic E-state index is 6.63. The lowest BCUT2D eigenvalue weighted by atomic mass is 9.93. The summed E-state index contributed by atoms with van der Waals surface area (Å²) in [5.41, 5.74) is 19.8. The molecule has 1 aliphatic rings. The Kier molecular flexibility index (Phi) is 5.68. The van der Waals surface area contributed by atoms with Crippen LogP contribution in [0.5, 0.6) is 0 Å². The van der Waals surface area contributed by atoms with Gasteiger partial charge in [-0.25, -0.2) is 4.98 Å². The van der Waals surface area contributed by atoms with Crippen LogP contribution in [0.15, 0.2) is 134 Å². The van der Waals surface area contributed by atoms with Crippen molar-refractivity contribution in [3.8, 4) is 44.6 Å². The Morgan fingerprint density at radius 3 is 2.12 bits per heavy atom. The second-order valence-corrected chi connectivity index (χ2v) is 10.8. The molecule has 0 fully saturated rings. The van der Waals surface area contributed by atoms with E-state index in [-0.39, 0.29) is 0 Å². The molecule has 3 heteroatoms. The largest absolute Gasteiger partial charge is 0.396 e. The monoisotopic (exact) mass is 537 g/mol. The maximum Gasteiger partial charge on any atom is 0.0944 e. The van der Waals surface area contributed by atoms with E-state index in [4.69, 9.17) is 10.7 Å². The van der Waals surface area contributed by atoms with Gasteiger partial charge in [-0.3, -0.25) is 4.98 Å². The molecule has 0 saturated carbocycles. The van der Waals surface area contributed by atoms with Crippen molar-refractivity contribution >= 4 is 33.4 Å². The van der Waals surface area contributed by atoms with E-state index in [2.05, 4.69) is 120 Å². The molecule has 0 atom stereocenters. The first-order valence-corrected chi connectivity index (χ1v) is 14.3. The minimum absolute atomic E-state index is 0.692. The molecule has 2 heterocycles. The summed E-state index contributed by atoms with van der Waals surface area (Å²) in [4.78, 5) is 9.40. The molecule has 0 spiro atoms. The number of hydrogen-bond donors (Lipinski definition) is 1. The number of nitrogens with zero attached hydrogens (tertiary/aromatic N) is 2. The SMILES string of the molecule is Nc1c(/C=C\Cc2ccccn2)ccc2ccc(-c3ccc(-c4ccc5c6c(cccc46)-c4ccccc4-5)cc3)nc12. The minimum atomic E-state index is 0.692. The fraction of sp³-hybridized carbons (Fsp3) is 0.0256. The van der Waals surface area contributed by atoms with Gasteiger partial charge in [0.25, 0.3) is 0 Å². The summed E-state index contributed by atoms with van der Waals surface area (Å²) in [5.74, 6) is 0. The summed E-state index contributed by atoms with van der Waals surface area (Å²) in [6.45, 7) is 0. The van der Waals surface area contributed by atoms with Crippen molar-refractivity contribution in [1.29, 1.82) is 0 Å². The number of nitrogen functional groups attached to an aromatic ring is 1. The van der Waals surface area contributed by atoms with E-state index in [1.165, 1.54) is 44.2 Å². The third-order valence-electron chi connectivity index (χ3n) is 8.33. The van der Waals surface area contributed by atoms with E-state index in [0.29, 0.717) is 5.69 Å². The first-order chi connectivity index (χ1) is 20.7. The van der Waals surface area contributed by atoms with Crippen molar-refractivity contribution in [2.24, 2.45) is 0 Å². The third-order valence-corrected chi connectivity index (χ3v) is 8.33. The second kappa shape index (κ2) is 9.83. The molecular weight excluding hydrogens is 510 g/mol. The predicted octanol–water partition coefficient (Wildman–Crippen LogP) is 9.60. The molecule has 198 valence electrons. The maximum absolute atomic E-state index is 6.63. The molecule has 0 bridgehead atoms. The lowest BCUT2D eigenvalue weighted by Crippen LogP contribution is -1.95. The predicted molar refractivity (Wildman–Crippen MR) is 176 cm³/mol. The first kappa shape index (κ1) is 24.3. The van der Waals surface area contributed by atoms with Gasteiger partial charge < -0.3 is 5.73 Å². The highest BCUT2D eigenvalue weighted by Crippen LogP contribution is 2.49. The van der Waals surface area contributed by atoms with E-state index in [1.54, 1.807) is 0 Å². The fourth-order valence-corrected chi connectivity index (χ4v) is 6.24. The number of aromatic nitrogens is 2. The van der Waals surface area contributed by atoms with Crippen LogP contribution in [0.3, 0.4) is 0 Å². The van der Waals surface area contributed by atoms with Gasteiger partial charge in [0.15, 0.2) is 0 Å². The highest BCUT2D eigenvalue weighted by molar-refractivity contribution is 6.18. The van der Waals surface area contributed by atoms with E-state index in [1.807, 2.05) is 24.4 Å². The number of fused-ring (bicyclic) bond motifs is 4. The van der Waals surface area contributed by atoms with Crippen LogP contribution in [0.1, 0.15) is 11.3 Å².